The Kier molecular flexibility index (Phi) is 4.80. The van der Waals surface area contributed by atoms with Crippen LogP contribution in [0.15, 0.2) is 21.5 Å². The lowest BCUT2D eigenvalue weighted by Crippen LogP contribution is -2.12. The Bertz CT molecular complexity index is 581. The number of carbonyl (C=O) groups excluding carboxylic acids is 1. The topological polar surface area (TPSA) is 60.4 Å². The van der Waals surface area contributed by atoms with Crippen LogP contribution in [0.25, 0.3) is 0 Å². The summed E-state index contributed by atoms with van der Waals surface area (Å²) in [6, 6.07) is 2.72. The molecule has 1 aromatic carbocycles. The molecule has 0 saturated carbocycles. The summed E-state index contributed by atoms with van der Waals surface area (Å²) in [7, 11) is 1.41. The van der Waals surface area contributed by atoms with Crippen LogP contribution < -0.4 is 0 Å². The zero-order chi connectivity index (χ0) is 14.1. The first kappa shape index (κ1) is 15.5. The SMILES string of the molecule is Cc1c(Br)cc(C(=O)OC(C)C)cc1S(=O)(=O)Cl. The monoisotopic (exact) mass is 354 g/mol. The van der Waals surface area contributed by atoms with E-state index in [-0.39, 0.29) is 16.6 Å². The van der Waals surface area contributed by atoms with E-state index in [0.29, 0.717) is 10.0 Å². The van der Waals surface area contributed by atoms with E-state index in [1.165, 1.54) is 12.1 Å². The van der Waals surface area contributed by atoms with Gasteiger partial charge in [-0.3, -0.25) is 0 Å². The van der Waals surface area contributed by atoms with Crippen molar-refractivity contribution in [3.63, 3.8) is 0 Å². The zero-order valence-corrected chi connectivity index (χ0v) is 13.2. The van der Waals surface area contributed by atoms with Gasteiger partial charge in [0.15, 0.2) is 0 Å². The van der Waals surface area contributed by atoms with Crippen molar-refractivity contribution >= 4 is 41.6 Å². The van der Waals surface area contributed by atoms with Crippen LogP contribution >= 0.6 is 26.6 Å². The standard InChI is InChI=1S/C11H12BrClO4S/c1-6(2)17-11(14)8-4-9(12)7(3)10(5-8)18(13,15)16/h4-6H,1-3H3. The minimum Gasteiger partial charge on any atom is -0.459 e. The van der Waals surface area contributed by atoms with E-state index < -0.39 is 15.0 Å². The van der Waals surface area contributed by atoms with Crippen molar-refractivity contribution in [3.05, 3.63) is 27.7 Å². The summed E-state index contributed by atoms with van der Waals surface area (Å²) in [5.74, 6) is -0.590. The first-order chi connectivity index (χ1) is 8.12. The van der Waals surface area contributed by atoms with Crippen LogP contribution in [0, 0.1) is 6.92 Å². The predicted molar refractivity (Wildman–Crippen MR) is 72.5 cm³/mol. The quantitative estimate of drug-likeness (QED) is 0.617. The molecule has 7 heteroatoms. The van der Waals surface area contributed by atoms with Crippen LogP contribution in [0.1, 0.15) is 29.8 Å². The van der Waals surface area contributed by atoms with Gasteiger partial charge in [-0.2, -0.15) is 0 Å². The highest BCUT2D eigenvalue weighted by molar-refractivity contribution is 9.10. The summed E-state index contributed by atoms with van der Waals surface area (Å²) in [4.78, 5) is 11.6. The van der Waals surface area contributed by atoms with Gasteiger partial charge >= 0.3 is 5.97 Å². The number of hydrogen-bond acceptors (Lipinski definition) is 4. The molecule has 0 unspecified atom stereocenters. The van der Waals surface area contributed by atoms with Gasteiger partial charge in [0.25, 0.3) is 9.05 Å². The Morgan fingerprint density at radius 2 is 1.94 bits per heavy atom. The summed E-state index contributed by atoms with van der Waals surface area (Å²) < 4.78 is 28.3. The Morgan fingerprint density at radius 1 is 1.39 bits per heavy atom. The maximum absolute atomic E-state index is 11.7. The first-order valence-corrected chi connectivity index (χ1v) is 8.19. The minimum absolute atomic E-state index is 0.103. The molecule has 0 aliphatic rings. The predicted octanol–water partition coefficient (Wildman–Crippen LogP) is 3.25. The van der Waals surface area contributed by atoms with E-state index >= 15 is 0 Å². The van der Waals surface area contributed by atoms with Crippen molar-refractivity contribution in [2.45, 2.75) is 31.8 Å². The third kappa shape index (κ3) is 3.70. The minimum atomic E-state index is -3.91. The van der Waals surface area contributed by atoms with Crippen LogP contribution in [-0.4, -0.2) is 20.5 Å². The second-order valence-electron chi connectivity index (χ2n) is 3.97. The van der Waals surface area contributed by atoms with Gasteiger partial charge in [0, 0.05) is 15.2 Å². The fourth-order valence-corrected chi connectivity index (χ4v) is 3.12. The summed E-state index contributed by atoms with van der Waals surface area (Å²) in [6.45, 7) is 5.01. The van der Waals surface area contributed by atoms with Gasteiger partial charge in [-0.15, -0.1) is 0 Å². The zero-order valence-electron chi connectivity index (χ0n) is 10.0. The number of carbonyl (C=O) groups is 1. The van der Waals surface area contributed by atoms with E-state index in [4.69, 9.17) is 15.4 Å². The second-order valence-corrected chi connectivity index (χ2v) is 7.36. The van der Waals surface area contributed by atoms with E-state index in [1.807, 2.05) is 0 Å². The molecule has 1 aromatic rings. The molecular formula is C11H12BrClO4S. The molecule has 0 atom stereocenters. The van der Waals surface area contributed by atoms with Crippen LogP contribution in [0.4, 0.5) is 0 Å². The third-order valence-corrected chi connectivity index (χ3v) is 4.41. The number of halogens is 2. The molecule has 0 amide bonds. The molecule has 4 nitrogen and oxygen atoms in total. The lowest BCUT2D eigenvalue weighted by molar-refractivity contribution is 0.0377. The van der Waals surface area contributed by atoms with Crippen LogP contribution in [0.5, 0.6) is 0 Å². The highest BCUT2D eigenvalue weighted by atomic mass is 79.9. The fourth-order valence-electron chi connectivity index (χ4n) is 1.31. The van der Waals surface area contributed by atoms with Crippen LogP contribution in [0.2, 0.25) is 0 Å². The molecule has 0 bridgehead atoms. The fraction of sp³-hybridized carbons (Fsp3) is 0.364. The molecule has 18 heavy (non-hydrogen) atoms. The molecule has 0 fully saturated rings. The Balaban J connectivity index is 3.34. The van der Waals surface area contributed by atoms with Gasteiger partial charge in [-0.1, -0.05) is 15.9 Å². The van der Waals surface area contributed by atoms with E-state index in [0.717, 1.165) is 0 Å². The van der Waals surface area contributed by atoms with Crippen LogP contribution in [0.3, 0.4) is 0 Å². The van der Waals surface area contributed by atoms with Gasteiger partial charge in [-0.25, -0.2) is 13.2 Å². The van der Waals surface area contributed by atoms with Gasteiger partial charge in [0.05, 0.1) is 16.6 Å². The maximum atomic E-state index is 11.7. The summed E-state index contributed by atoms with van der Waals surface area (Å²) in [5.41, 5.74) is 0.589. The molecule has 0 aliphatic carbocycles. The van der Waals surface area contributed by atoms with Crippen LogP contribution in [-0.2, 0) is 13.8 Å². The Hall–Kier alpha value is -0.590. The maximum Gasteiger partial charge on any atom is 0.338 e. The van der Waals surface area contributed by atoms with Crippen molar-refractivity contribution in [1.82, 2.24) is 0 Å². The van der Waals surface area contributed by atoms with Gasteiger partial charge in [0.2, 0.25) is 0 Å². The molecule has 0 heterocycles. The number of benzene rings is 1. The molecule has 0 N–H and O–H groups in total. The van der Waals surface area contributed by atoms with Crippen molar-refractivity contribution in [2.75, 3.05) is 0 Å². The summed E-state index contributed by atoms with van der Waals surface area (Å²) in [5, 5.41) is 0. The first-order valence-electron chi connectivity index (χ1n) is 5.08. The van der Waals surface area contributed by atoms with Gasteiger partial charge < -0.3 is 4.74 Å². The number of ether oxygens (including phenoxy) is 1. The van der Waals surface area contributed by atoms with Crippen molar-refractivity contribution in [3.8, 4) is 0 Å². The van der Waals surface area contributed by atoms with Crippen molar-refractivity contribution in [2.24, 2.45) is 0 Å². The van der Waals surface area contributed by atoms with Crippen molar-refractivity contribution < 1.29 is 17.9 Å². The normalized spacial score (nSPS) is 11.7. The molecule has 0 aromatic heterocycles. The van der Waals surface area contributed by atoms with E-state index in [1.54, 1.807) is 20.8 Å². The summed E-state index contributed by atoms with van der Waals surface area (Å²) >= 11 is 3.19. The molecular weight excluding hydrogens is 344 g/mol. The average Bonchev–Trinajstić information content (AvgIpc) is 2.18. The molecule has 0 aliphatic heterocycles. The number of esters is 1. The Labute approximate surface area is 119 Å². The average molecular weight is 356 g/mol. The van der Waals surface area contributed by atoms with E-state index in [9.17, 15) is 13.2 Å². The smallest absolute Gasteiger partial charge is 0.338 e. The number of hydrogen-bond donors (Lipinski definition) is 0. The molecule has 0 spiro atoms. The number of rotatable bonds is 3. The lowest BCUT2D eigenvalue weighted by Gasteiger charge is -2.11. The summed E-state index contributed by atoms with van der Waals surface area (Å²) in [6.07, 6.45) is -0.284. The Morgan fingerprint density at radius 3 is 2.39 bits per heavy atom. The van der Waals surface area contributed by atoms with Gasteiger partial charge in [-0.05, 0) is 38.5 Å². The molecule has 0 saturated heterocycles. The van der Waals surface area contributed by atoms with Gasteiger partial charge in [0.1, 0.15) is 0 Å². The van der Waals surface area contributed by atoms with E-state index in [2.05, 4.69) is 15.9 Å². The van der Waals surface area contributed by atoms with Crippen molar-refractivity contribution in [1.29, 1.82) is 0 Å². The lowest BCUT2D eigenvalue weighted by atomic mass is 10.1. The molecule has 100 valence electrons. The highest BCUT2D eigenvalue weighted by Gasteiger charge is 2.20. The second kappa shape index (κ2) is 5.59. The highest BCUT2D eigenvalue weighted by Crippen LogP contribution is 2.28. The molecule has 0 radical (unpaired) electrons. The third-order valence-electron chi connectivity index (χ3n) is 2.14. The largest absolute Gasteiger partial charge is 0.459 e. The molecule has 1 rings (SSSR count).